The third kappa shape index (κ3) is 2.03. The van der Waals surface area contributed by atoms with Gasteiger partial charge in [0, 0.05) is 15.4 Å². The Bertz CT molecular complexity index is 643. The van der Waals surface area contributed by atoms with Gasteiger partial charge in [0.25, 0.3) is 0 Å². The molecule has 2 nitrogen and oxygen atoms in total. The summed E-state index contributed by atoms with van der Waals surface area (Å²) in [5, 5.41) is 0.134. The van der Waals surface area contributed by atoms with E-state index >= 15 is 0 Å². The minimum absolute atomic E-state index is 0.0347. The highest BCUT2D eigenvalue weighted by Crippen LogP contribution is 2.33. The Morgan fingerprint density at radius 1 is 1.33 bits per heavy atom. The average molecular weight is 325 g/mol. The SMILES string of the molecule is Cc1c(C(=O)C(F)(F)F)oc2c(F)cc(Br)cc12. The first-order chi connectivity index (χ1) is 8.21. The molecule has 0 radical (unpaired) electrons. The van der Waals surface area contributed by atoms with E-state index in [1.54, 1.807) is 0 Å². The molecule has 0 amide bonds. The highest BCUT2D eigenvalue weighted by atomic mass is 79.9. The zero-order valence-corrected chi connectivity index (χ0v) is 10.4. The maximum absolute atomic E-state index is 13.5. The molecule has 0 atom stereocenters. The van der Waals surface area contributed by atoms with Crippen molar-refractivity contribution in [3.05, 3.63) is 33.7 Å². The fourth-order valence-electron chi connectivity index (χ4n) is 1.59. The number of halogens is 5. The lowest BCUT2D eigenvalue weighted by Crippen LogP contribution is -2.22. The van der Waals surface area contributed by atoms with Crippen LogP contribution in [0, 0.1) is 12.7 Å². The van der Waals surface area contributed by atoms with E-state index in [-0.39, 0.29) is 16.5 Å². The summed E-state index contributed by atoms with van der Waals surface area (Å²) in [5.41, 5.74) is -0.393. The van der Waals surface area contributed by atoms with Crippen LogP contribution in [0.4, 0.5) is 17.6 Å². The van der Waals surface area contributed by atoms with Crippen LogP contribution in [0.25, 0.3) is 11.0 Å². The number of hydrogen-bond donors (Lipinski definition) is 0. The van der Waals surface area contributed by atoms with Crippen molar-refractivity contribution in [1.29, 1.82) is 0 Å². The van der Waals surface area contributed by atoms with Crippen molar-refractivity contribution in [3.8, 4) is 0 Å². The molecule has 0 fully saturated rings. The second-order valence-electron chi connectivity index (χ2n) is 3.65. The number of alkyl halides is 3. The van der Waals surface area contributed by atoms with E-state index in [1.807, 2.05) is 0 Å². The van der Waals surface area contributed by atoms with Gasteiger partial charge in [-0.15, -0.1) is 0 Å². The van der Waals surface area contributed by atoms with Crippen LogP contribution < -0.4 is 0 Å². The van der Waals surface area contributed by atoms with Gasteiger partial charge in [0.2, 0.25) is 0 Å². The predicted molar refractivity (Wildman–Crippen MR) is 59.0 cm³/mol. The zero-order chi connectivity index (χ0) is 13.7. The Hall–Kier alpha value is -1.37. The van der Waals surface area contributed by atoms with Crippen LogP contribution in [-0.4, -0.2) is 12.0 Å². The molecule has 1 heterocycles. The average Bonchev–Trinajstić information content (AvgIpc) is 2.54. The summed E-state index contributed by atoms with van der Waals surface area (Å²) in [7, 11) is 0. The van der Waals surface area contributed by atoms with Gasteiger partial charge in [0.1, 0.15) is 0 Å². The highest BCUT2D eigenvalue weighted by Gasteiger charge is 2.42. The molecule has 18 heavy (non-hydrogen) atoms. The maximum Gasteiger partial charge on any atom is 0.458 e. The smallest absolute Gasteiger partial charge is 0.449 e. The van der Waals surface area contributed by atoms with E-state index in [4.69, 9.17) is 4.42 Å². The minimum Gasteiger partial charge on any atom is -0.449 e. The Balaban J connectivity index is 2.72. The summed E-state index contributed by atoms with van der Waals surface area (Å²) in [6.07, 6.45) is -5.05. The molecule has 0 unspecified atom stereocenters. The molecule has 0 saturated heterocycles. The topological polar surface area (TPSA) is 30.2 Å². The van der Waals surface area contributed by atoms with Crippen molar-refractivity contribution in [1.82, 2.24) is 0 Å². The zero-order valence-electron chi connectivity index (χ0n) is 8.86. The number of fused-ring (bicyclic) bond motifs is 1. The van der Waals surface area contributed by atoms with E-state index in [0.717, 1.165) is 6.07 Å². The summed E-state index contributed by atoms with van der Waals surface area (Å²) in [6.45, 7) is 1.27. The number of carbonyl (C=O) groups is 1. The molecule has 7 heteroatoms. The van der Waals surface area contributed by atoms with Gasteiger partial charge in [-0.1, -0.05) is 15.9 Å². The van der Waals surface area contributed by atoms with Crippen molar-refractivity contribution < 1.29 is 26.8 Å². The summed E-state index contributed by atoms with van der Waals surface area (Å²) >= 11 is 3.01. The molecule has 1 aromatic carbocycles. The number of aryl methyl sites for hydroxylation is 1. The normalized spacial score (nSPS) is 12.1. The maximum atomic E-state index is 13.5. The van der Waals surface area contributed by atoms with Crippen LogP contribution >= 0.6 is 15.9 Å². The van der Waals surface area contributed by atoms with Gasteiger partial charge in [-0.05, 0) is 19.1 Å². The largest absolute Gasteiger partial charge is 0.458 e. The Morgan fingerprint density at radius 2 is 1.94 bits per heavy atom. The first-order valence-corrected chi connectivity index (χ1v) is 5.50. The molecule has 0 aliphatic rings. The van der Waals surface area contributed by atoms with E-state index < -0.39 is 23.5 Å². The van der Waals surface area contributed by atoms with Crippen LogP contribution in [0.5, 0.6) is 0 Å². The number of carbonyl (C=O) groups excluding carboxylic acids is 1. The second kappa shape index (κ2) is 4.08. The standard InChI is InChI=1S/C11H5BrF4O2/c1-4-6-2-5(12)3-7(13)9(6)18-8(4)10(17)11(14,15)16/h2-3H,1H3. The Labute approximate surface area is 107 Å². The minimum atomic E-state index is -5.05. The van der Waals surface area contributed by atoms with E-state index in [0.29, 0.717) is 4.47 Å². The first-order valence-electron chi connectivity index (χ1n) is 4.71. The van der Waals surface area contributed by atoms with E-state index in [9.17, 15) is 22.4 Å². The van der Waals surface area contributed by atoms with E-state index in [2.05, 4.69) is 15.9 Å². The molecule has 0 aliphatic carbocycles. The molecule has 0 saturated carbocycles. The number of hydrogen-bond acceptors (Lipinski definition) is 2. The van der Waals surface area contributed by atoms with Crippen LogP contribution in [0.1, 0.15) is 16.1 Å². The van der Waals surface area contributed by atoms with Gasteiger partial charge < -0.3 is 4.42 Å². The third-order valence-electron chi connectivity index (χ3n) is 2.42. The van der Waals surface area contributed by atoms with Crippen molar-refractivity contribution in [2.45, 2.75) is 13.1 Å². The predicted octanol–water partition coefficient (Wildman–Crippen LogP) is 4.39. The lowest BCUT2D eigenvalue weighted by Gasteiger charge is -2.02. The number of benzene rings is 1. The molecular formula is C11H5BrF4O2. The lowest BCUT2D eigenvalue weighted by atomic mass is 10.1. The summed E-state index contributed by atoms with van der Waals surface area (Å²) in [4.78, 5) is 11.1. The fraction of sp³-hybridized carbons (Fsp3) is 0.182. The summed E-state index contributed by atoms with van der Waals surface area (Å²) in [6, 6.07) is 2.44. The Kier molecular flexibility index (Phi) is 2.96. The fourth-order valence-corrected chi connectivity index (χ4v) is 2.02. The molecule has 2 aromatic rings. The molecular weight excluding hydrogens is 320 g/mol. The Morgan fingerprint density at radius 3 is 2.50 bits per heavy atom. The number of Topliss-reactive ketones (excluding diaryl/α,β-unsaturated/α-hetero) is 1. The molecule has 2 rings (SSSR count). The lowest BCUT2D eigenvalue weighted by molar-refractivity contribution is -0.0899. The molecule has 1 aromatic heterocycles. The van der Waals surface area contributed by atoms with Crippen LogP contribution in [0.3, 0.4) is 0 Å². The van der Waals surface area contributed by atoms with Gasteiger partial charge in [-0.25, -0.2) is 4.39 Å². The van der Waals surface area contributed by atoms with Gasteiger partial charge >= 0.3 is 12.0 Å². The van der Waals surface area contributed by atoms with Crippen LogP contribution in [0.2, 0.25) is 0 Å². The van der Waals surface area contributed by atoms with Crippen molar-refractivity contribution in [2.24, 2.45) is 0 Å². The molecule has 0 aliphatic heterocycles. The van der Waals surface area contributed by atoms with Gasteiger partial charge in [0.15, 0.2) is 17.2 Å². The number of rotatable bonds is 1. The first kappa shape index (κ1) is 13.1. The second-order valence-corrected chi connectivity index (χ2v) is 4.56. The van der Waals surface area contributed by atoms with Crippen LogP contribution in [0.15, 0.2) is 21.0 Å². The van der Waals surface area contributed by atoms with Gasteiger partial charge in [-0.2, -0.15) is 13.2 Å². The van der Waals surface area contributed by atoms with E-state index in [1.165, 1.54) is 13.0 Å². The highest BCUT2D eigenvalue weighted by molar-refractivity contribution is 9.10. The number of ketones is 1. The van der Waals surface area contributed by atoms with Crippen molar-refractivity contribution in [3.63, 3.8) is 0 Å². The summed E-state index contributed by atoms with van der Waals surface area (Å²) < 4.78 is 55.5. The van der Waals surface area contributed by atoms with Crippen molar-refractivity contribution in [2.75, 3.05) is 0 Å². The quantitative estimate of drug-likeness (QED) is 0.575. The molecule has 0 bridgehead atoms. The summed E-state index contributed by atoms with van der Waals surface area (Å²) in [5.74, 6) is -3.83. The third-order valence-corrected chi connectivity index (χ3v) is 2.88. The van der Waals surface area contributed by atoms with Crippen molar-refractivity contribution >= 4 is 32.7 Å². The molecule has 0 spiro atoms. The van der Waals surface area contributed by atoms with Gasteiger partial charge in [-0.3, -0.25) is 4.79 Å². The van der Waals surface area contributed by atoms with Crippen LogP contribution in [-0.2, 0) is 0 Å². The molecule has 0 N–H and O–H groups in total. The van der Waals surface area contributed by atoms with Gasteiger partial charge in [0.05, 0.1) is 0 Å². The molecule has 96 valence electrons. The monoisotopic (exact) mass is 324 g/mol. The number of furan rings is 1.